The van der Waals surface area contributed by atoms with Gasteiger partial charge < -0.3 is 20.1 Å². The molecule has 6 heteroatoms. The molecule has 0 aliphatic heterocycles. The van der Waals surface area contributed by atoms with Crippen molar-refractivity contribution in [1.29, 1.82) is 0 Å². The van der Waals surface area contributed by atoms with Crippen LogP contribution in [0.15, 0.2) is 23.2 Å². The minimum Gasteiger partial charge on any atom is -0.491 e. The number of halogens is 1. The number of nitrogens with zero attached hydrogens (tertiary/aromatic N) is 1. The topological polar surface area (TPSA) is 54.9 Å². The van der Waals surface area contributed by atoms with E-state index < -0.39 is 0 Å². The Bertz CT molecular complexity index is 467. The molecule has 0 fully saturated rings. The van der Waals surface area contributed by atoms with Crippen molar-refractivity contribution in [3.8, 4) is 5.75 Å². The highest BCUT2D eigenvalue weighted by molar-refractivity contribution is 5.79. The highest BCUT2D eigenvalue weighted by Crippen LogP contribution is 2.18. The minimum atomic E-state index is -0.346. The standard InChI is InChI=1S/C16H26FN3O2/c1-4-21-10-6-9-19-16(18-3)20-12-13-7-8-15(22-5-2)14(17)11-13/h7-8,11H,4-6,9-10,12H2,1-3H3,(H2,18,19,20). The summed E-state index contributed by atoms with van der Waals surface area (Å²) in [7, 11) is 1.71. The Hall–Kier alpha value is -1.82. The van der Waals surface area contributed by atoms with Gasteiger partial charge in [-0.05, 0) is 38.0 Å². The second-order valence-corrected chi connectivity index (χ2v) is 4.60. The van der Waals surface area contributed by atoms with Crippen LogP contribution >= 0.6 is 0 Å². The molecule has 0 heterocycles. The van der Waals surface area contributed by atoms with Crippen LogP contribution in [0.2, 0.25) is 0 Å². The lowest BCUT2D eigenvalue weighted by Crippen LogP contribution is -2.37. The first-order valence-electron chi connectivity index (χ1n) is 7.64. The van der Waals surface area contributed by atoms with E-state index in [1.807, 2.05) is 19.9 Å². The van der Waals surface area contributed by atoms with Gasteiger partial charge in [0.15, 0.2) is 17.5 Å². The van der Waals surface area contributed by atoms with Gasteiger partial charge in [0.1, 0.15) is 0 Å². The Labute approximate surface area is 131 Å². The maximum absolute atomic E-state index is 13.8. The minimum absolute atomic E-state index is 0.282. The van der Waals surface area contributed by atoms with Crippen LogP contribution in [0.25, 0.3) is 0 Å². The Balaban J connectivity index is 2.38. The fourth-order valence-electron chi connectivity index (χ4n) is 1.86. The van der Waals surface area contributed by atoms with E-state index in [1.54, 1.807) is 13.1 Å². The molecular formula is C16H26FN3O2. The van der Waals surface area contributed by atoms with E-state index in [9.17, 15) is 4.39 Å². The summed E-state index contributed by atoms with van der Waals surface area (Å²) in [5.74, 6) is 0.622. The van der Waals surface area contributed by atoms with E-state index in [1.165, 1.54) is 6.07 Å². The van der Waals surface area contributed by atoms with Gasteiger partial charge in [-0.25, -0.2) is 4.39 Å². The molecule has 0 unspecified atom stereocenters. The van der Waals surface area contributed by atoms with Gasteiger partial charge in [-0.1, -0.05) is 6.07 Å². The highest BCUT2D eigenvalue weighted by atomic mass is 19.1. The average molecular weight is 311 g/mol. The summed E-state index contributed by atoms with van der Waals surface area (Å²) < 4.78 is 24.2. The fraction of sp³-hybridized carbons (Fsp3) is 0.562. The SMILES string of the molecule is CCOCCCNC(=NC)NCc1ccc(OCC)c(F)c1. The molecule has 0 aromatic heterocycles. The van der Waals surface area contributed by atoms with Crippen LogP contribution in [0.3, 0.4) is 0 Å². The third-order valence-electron chi connectivity index (χ3n) is 2.94. The number of hydrogen-bond acceptors (Lipinski definition) is 3. The van der Waals surface area contributed by atoms with Crippen LogP contribution in [0.5, 0.6) is 5.75 Å². The Morgan fingerprint density at radius 2 is 2.05 bits per heavy atom. The number of guanidine groups is 1. The van der Waals surface area contributed by atoms with Gasteiger partial charge in [-0.2, -0.15) is 0 Å². The number of rotatable bonds is 9. The maximum Gasteiger partial charge on any atom is 0.191 e. The number of nitrogens with one attached hydrogen (secondary N) is 2. The normalized spacial score (nSPS) is 11.4. The van der Waals surface area contributed by atoms with Crippen molar-refractivity contribution < 1.29 is 13.9 Å². The van der Waals surface area contributed by atoms with Crippen molar-refractivity contribution in [2.75, 3.05) is 33.4 Å². The van der Waals surface area contributed by atoms with Gasteiger partial charge in [0, 0.05) is 33.4 Å². The zero-order valence-electron chi connectivity index (χ0n) is 13.6. The summed E-state index contributed by atoms with van der Waals surface area (Å²) >= 11 is 0. The summed E-state index contributed by atoms with van der Waals surface area (Å²) in [5, 5.41) is 6.33. The van der Waals surface area contributed by atoms with E-state index in [-0.39, 0.29) is 11.6 Å². The molecule has 5 nitrogen and oxygen atoms in total. The van der Waals surface area contributed by atoms with Gasteiger partial charge in [0.05, 0.1) is 6.61 Å². The molecule has 0 saturated heterocycles. The van der Waals surface area contributed by atoms with E-state index in [0.717, 1.165) is 31.7 Å². The fourth-order valence-corrected chi connectivity index (χ4v) is 1.86. The summed E-state index contributed by atoms with van der Waals surface area (Å²) in [6.45, 7) is 6.99. The maximum atomic E-state index is 13.8. The van der Waals surface area contributed by atoms with E-state index in [2.05, 4.69) is 15.6 Å². The Morgan fingerprint density at radius 3 is 2.68 bits per heavy atom. The van der Waals surface area contributed by atoms with Gasteiger partial charge in [-0.15, -0.1) is 0 Å². The second kappa shape index (κ2) is 10.8. The molecule has 0 atom stereocenters. The molecule has 0 aliphatic carbocycles. The van der Waals surface area contributed by atoms with Gasteiger partial charge in [0.2, 0.25) is 0 Å². The largest absolute Gasteiger partial charge is 0.491 e. The molecule has 1 rings (SSSR count). The number of hydrogen-bond donors (Lipinski definition) is 2. The number of ether oxygens (including phenoxy) is 2. The Morgan fingerprint density at radius 1 is 1.23 bits per heavy atom. The van der Waals surface area contributed by atoms with Crippen LogP contribution in [0.4, 0.5) is 4.39 Å². The van der Waals surface area contributed by atoms with Gasteiger partial charge in [-0.3, -0.25) is 4.99 Å². The quantitative estimate of drug-likeness (QED) is 0.417. The van der Waals surface area contributed by atoms with Crippen molar-refractivity contribution in [3.05, 3.63) is 29.6 Å². The van der Waals surface area contributed by atoms with Crippen LogP contribution in [-0.2, 0) is 11.3 Å². The molecule has 22 heavy (non-hydrogen) atoms. The smallest absolute Gasteiger partial charge is 0.191 e. The molecule has 0 spiro atoms. The first-order chi connectivity index (χ1) is 10.7. The number of benzene rings is 1. The monoisotopic (exact) mass is 311 g/mol. The zero-order chi connectivity index (χ0) is 16.2. The molecular weight excluding hydrogens is 285 g/mol. The Kier molecular flexibility index (Phi) is 8.98. The molecule has 0 aliphatic rings. The van der Waals surface area contributed by atoms with Crippen LogP contribution in [-0.4, -0.2) is 39.4 Å². The van der Waals surface area contributed by atoms with Crippen LogP contribution in [0.1, 0.15) is 25.8 Å². The molecule has 2 N–H and O–H groups in total. The predicted molar refractivity (Wildman–Crippen MR) is 86.9 cm³/mol. The lowest BCUT2D eigenvalue weighted by Gasteiger charge is -2.12. The molecule has 0 amide bonds. The van der Waals surface area contributed by atoms with Crippen LogP contribution in [0, 0.1) is 5.82 Å². The lowest BCUT2D eigenvalue weighted by molar-refractivity contribution is 0.145. The number of aliphatic imine (C=N–C) groups is 1. The van der Waals surface area contributed by atoms with Crippen molar-refractivity contribution in [1.82, 2.24) is 10.6 Å². The second-order valence-electron chi connectivity index (χ2n) is 4.60. The summed E-state index contributed by atoms with van der Waals surface area (Å²) in [5.41, 5.74) is 0.832. The predicted octanol–water partition coefficient (Wildman–Crippen LogP) is 2.32. The molecule has 1 aromatic carbocycles. The molecule has 0 radical (unpaired) electrons. The summed E-state index contributed by atoms with van der Waals surface area (Å²) in [6, 6.07) is 4.96. The van der Waals surface area contributed by atoms with Crippen molar-refractivity contribution in [3.63, 3.8) is 0 Å². The first-order valence-corrected chi connectivity index (χ1v) is 7.64. The molecule has 1 aromatic rings. The molecule has 0 bridgehead atoms. The van der Waals surface area contributed by atoms with Gasteiger partial charge in [0.25, 0.3) is 0 Å². The van der Waals surface area contributed by atoms with Crippen molar-refractivity contribution in [2.24, 2.45) is 4.99 Å². The average Bonchev–Trinajstić information content (AvgIpc) is 2.52. The molecule has 0 saturated carbocycles. The summed E-state index contributed by atoms with van der Waals surface area (Å²) in [4.78, 5) is 4.13. The third kappa shape index (κ3) is 6.76. The van der Waals surface area contributed by atoms with Crippen molar-refractivity contribution in [2.45, 2.75) is 26.8 Å². The summed E-state index contributed by atoms with van der Waals surface area (Å²) in [6.07, 6.45) is 0.909. The zero-order valence-corrected chi connectivity index (χ0v) is 13.6. The van der Waals surface area contributed by atoms with E-state index in [4.69, 9.17) is 9.47 Å². The van der Waals surface area contributed by atoms with E-state index >= 15 is 0 Å². The van der Waals surface area contributed by atoms with E-state index in [0.29, 0.717) is 19.1 Å². The molecule has 124 valence electrons. The van der Waals surface area contributed by atoms with Crippen LogP contribution < -0.4 is 15.4 Å². The third-order valence-corrected chi connectivity index (χ3v) is 2.94. The first kappa shape index (κ1) is 18.2. The highest BCUT2D eigenvalue weighted by Gasteiger charge is 2.05. The van der Waals surface area contributed by atoms with Gasteiger partial charge >= 0.3 is 0 Å². The lowest BCUT2D eigenvalue weighted by atomic mass is 10.2. The van der Waals surface area contributed by atoms with Crippen molar-refractivity contribution >= 4 is 5.96 Å².